The van der Waals surface area contributed by atoms with Gasteiger partial charge >= 0.3 is 0 Å². The largest absolute Gasteiger partial charge is 0.489 e. The van der Waals surface area contributed by atoms with E-state index in [2.05, 4.69) is 23.2 Å². The molecule has 7 heteroatoms. The second kappa shape index (κ2) is 9.15. The van der Waals surface area contributed by atoms with Gasteiger partial charge in [0.15, 0.2) is 0 Å². The first kappa shape index (κ1) is 20.8. The number of aromatic amines is 1. The number of hydrogen-bond donors (Lipinski definition) is 2. The standard InChI is InChI=1S/C24H23ClN4O2/c1-2-3-11-19-22-21(17(13-26)23(27)31-24(22)29-28-19)16-9-5-7-12-20(16)30-14-15-8-4-6-10-18(15)25/h4-10,12,21H,2-3,11,14,27H2,1H3,(H,28,29). The van der Waals surface area contributed by atoms with Crippen LogP contribution in [-0.4, -0.2) is 10.2 Å². The van der Waals surface area contributed by atoms with Crippen molar-refractivity contribution in [3.8, 4) is 17.7 Å². The number of nitrogens with two attached hydrogens (primary N) is 1. The summed E-state index contributed by atoms with van der Waals surface area (Å²) in [6.45, 7) is 2.44. The third-order valence-electron chi connectivity index (χ3n) is 5.37. The number of para-hydroxylation sites is 1. The van der Waals surface area contributed by atoms with E-state index >= 15 is 0 Å². The smallest absolute Gasteiger partial charge is 0.244 e. The van der Waals surface area contributed by atoms with Gasteiger partial charge in [0.1, 0.15) is 24.0 Å². The molecule has 0 fully saturated rings. The Morgan fingerprint density at radius 3 is 2.77 bits per heavy atom. The fourth-order valence-corrected chi connectivity index (χ4v) is 3.98. The Hall–Kier alpha value is -3.43. The number of unbranched alkanes of at least 4 members (excludes halogenated alkanes) is 1. The monoisotopic (exact) mass is 434 g/mol. The lowest BCUT2D eigenvalue weighted by Crippen LogP contribution is -2.21. The minimum atomic E-state index is -0.429. The van der Waals surface area contributed by atoms with Crippen molar-refractivity contribution in [3.63, 3.8) is 0 Å². The van der Waals surface area contributed by atoms with E-state index in [4.69, 9.17) is 26.8 Å². The summed E-state index contributed by atoms with van der Waals surface area (Å²) in [6, 6.07) is 17.5. The van der Waals surface area contributed by atoms with E-state index in [-0.39, 0.29) is 5.88 Å². The number of nitriles is 1. The lowest BCUT2D eigenvalue weighted by molar-refractivity contribution is 0.301. The summed E-state index contributed by atoms with van der Waals surface area (Å²) in [5, 5.41) is 17.9. The summed E-state index contributed by atoms with van der Waals surface area (Å²) in [5.74, 6) is 0.702. The van der Waals surface area contributed by atoms with Crippen LogP contribution in [0.3, 0.4) is 0 Å². The van der Waals surface area contributed by atoms with Crippen LogP contribution in [0, 0.1) is 11.3 Å². The van der Waals surface area contributed by atoms with Crippen LogP contribution in [0.15, 0.2) is 60.0 Å². The van der Waals surface area contributed by atoms with Gasteiger partial charge in [-0.05, 0) is 25.0 Å². The van der Waals surface area contributed by atoms with Crippen molar-refractivity contribution < 1.29 is 9.47 Å². The number of benzene rings is 2. The van der Waals surface area contributed by atoms with Gasteiger partial charge in [-0.1, -0.05) is 61.3 Å². The van der Waals surface area contributed by atoms with Crippen LogP contribution < -0.4 is 15.2 Å². The zero-order chi connectivity index (χ0) is 21.8. The van der Waals surface area contributed by atoms with Gasteiger partial charge in [-0.3, -0.25) is 5.10 Å². The van der Waals surface area contributed by atoms with Gasteiger partial charge in [0.25, 0.3) is 0 Å². The molecule has 3 N–H and O–H groups in total. The number of aromatic nitrogens is 2. The molecule has 2 aromatic carbocycles. The number of H-pyrrole nitrogens is 1. The summed E-state index contributed by atoms with van der Waals surface area (Å²) < 4.78 is 11.8. The summed E-state index contributed by atoms with van der Waals surface area (Å²) in [5.41, 5.74) is 9.95. The highest BCUT2D eigenvalue weighted by molar-refractivity contribution is 6.31. The second-order valence-electron chi connectivity index (χ2n) is 7.37. The summed E-state index contributed by atoms with van der Waals surface area (Å²) in [4.78, 5) is 0. The molecule has 0 saturated heterocycles. The molecule has 0 saturated carbocycles. The van der Waals surface area contributed by atoms with E-state index in [0.29, 0.717) is 28.8 Å². The van der Waals surface area contributed by atoms with E-state index in [1.165, 1.54) is 0 Å². The molecule has 0 radical (unpaired) electrons. The molecule has 1 aliphatic heterocycles. The number of ether oxygens (including phenoxy) is 2. The van der Waals surface area contributed by atoms with Gasteiger partial charge in [-0.2, -0.15) is 5.26 Å². The highest BCUT2D eigenvalue weighted by atomic mass is 35.5. The second-order valence-corrected chi connectivity index (χ2v) is 7.77. The van der Waals surface area contributed by atoms with Crippen LogP contribution in [0.25, 0.3) is 0 Å². The molecule has 1 aromatic heterocycles. The van der Waals surface area contributed by atoms with Gasteiger partial charge < -0.3 is 15.2 Å². The number of aryl methyl sites for hydroxylation is 1. The zero-order valence-corrected chi connectivity index (χ0v) is 17.9. The Morgan fingerprint density at radius 1 is 1.23 bits per heavy atom. The van der Waals surface area contributed by atoms with Crippen LogP contribution >= 0.6 is 11.6 Å². The van der Waals surface area contributed by atoms with Crippen molar-refractivity contribution in [1.82, 2.24) is 10.2 Å². The first-order valence-corrected chi connectivity index (χ1v) is 10.6. The minimum Gasteiger partial charge on any atom is -0.489 e. The molecule has 0 bridgehead atoms. The van der Waals surface area contributed by atoms with Crippen molar-refractivity contribution >= 4 is 11.6 Å². The van der Waals surface area contributed by atoms with E-state index in [1.807, 2.05) is 48.5 Å². The predicted octanol–water partition coefficient (Wildman–Crippen LogP) is 5.20. The molecular formula is C24H23ClN4O2. The molecule has 2 heterocycles. The van der Waals surface area contributed by atoms with E-state index in [1.54, 1.807) is 0 Å². The fourth-order valence-electron chi connectivity index (χ4n) is 3.79. The number of nitrogens with zero attached hydrogens (tertiary/aromatic N) is 2. The van der Waals surface area contributed by atoms with Gasteiger partial charge in [0.2, 0.25) is 11.8 Å². The Morgan fingerprint density at radius 2 is 2.00 bits per heavy atom. The Kier molecular flexibility index (Phi) is 6.15. The number of fused-ring (bicyclic) bond motifs is 1. The SMILES string of the molecule is CCCCc1[nH]nc2c1C(c1ccccc1OCc1ccccc1Cl)C(C#N)=C(N)O2. The van der Waals surface area contributed by atoms with Crippen LogP contribution in [0.5, 0.6) is 11.6 Å². The summed E-state index contributed by atoms with van der Waals surface area (Å²) >= 11 is 6.29. The summed E-state index contributed by atoms with van der Waals surface area (Å²) in [6.07, 6.45) is 2.84. The van der Waals surface area contributed by atoms with Gasteiger partial charge in [0, 0.05) is 21.8 Å². The third kappa shape index (κ3) is 4.10. The maximum Gasteiger partial charge on any atom is 0.244 e. The maximum atomic E-state index is 9.90. The Labute approximate surface area is 186 Å². The van der Waals surface area contributed by atoms with E-state index in [0.717, 1.165) is 41.6 Å². The topological polar surface area (TPSA) is 97.0 Å². The average molecular weight is 435 g/mol. The van der Waals surface area contributed by atoms with Gasteiger partial charge in [-0.25, -0.2) is 0 Å². The fraction of sp³-hybridized carbons (Fsp3) is 0.250. The molecule has 158 valence electrons. The van der Waals surface area contributed by atoms with Crippen LogP contribution in [0.4, 0.5) is 0 Å². The molecule has 4 rings (SSSR count). The Bertz CT molecular complexity index is 1160. The number of hydrogen-bond acceptors (Lipinski definition) is 5. The molecule has 1 aliphatic rings. The molecule has 0 spiro atoms. The normalized spacial score (nSPS) is 15.2. The number of nitrogens with one attached hydrogen (secondary N) is 1. The lowest BCUT2D eigenvalue weighted by atomic mass is 9.83. The lowest BCUT2D eigenvalue weighted by Gasteiger charge is -2.25. The van der Waals surface area contributed by atoms with Crippen molar-refractivity contribution in [1.29, 1.82) is 5.26 Å². The van der Waals surface area contributed by atoms with Crippen molar-refractivity contribution in [2.75, 3.05) is 0 Å². The van der Waals surface area contributed by atoms with Crippen LogP contribution in [-0.2, 0) is 13.0 Å². The van der Waals surface area contributed by atoms with E-state index < -0.39 is 5.92 Å². The first-order chi connectivity index (χ1) is 15.1. The Balaban J connectivity index is 1.76. The quantitative estimate of drug-likeness (QED) is 0.532. The van der Waals surface area contributed by atoms with Gasteiger partial charge in [-0.15, -0.1) is 5.10 Å². The zero-order valence-electron chi connectivity index (χ0n) is 17.2. The molecular weight excluding hydrogens is 412 g/mol. The number of allylic oxidation sites excluding steroid dienone is 1. The van der Waals surface area contributed by atoms with Crippen LogP contribution in [0.2, 0.25) is 5.02 Å². The predicted molar refractivity (Wildman–Crippen MR) is 119 cm³/mol. The molecule has 0 amide bonds. The molecule has 0 aliphatic carbocycles. The number of halogens is 1. The molecule has 31 heavy (non-hydrogen) atoms. The third-order valence-corrected chi connectivity index (χ3v) is 5.74. The highest BCUT2D eigenvalue weighted by Crippen LogP contribution is 2.45. The van der Waals surface area contributed by atoms with Crippen molar-refractivity contribution in [2.24, 2.45) is 5.73 Å². The summed E-state index contributed by atoms with van der Waals surface area (Å²) in [7, 11) is 0. The van der Waals surface area contributed by atoms with Crippen molar-refractivity contribution in [2.45, 2.75) is 38.7 Å². The molecule has 1 atom stereocenters. The minimum absolute atomic E-state index is 0.0643. The number of rotatable bonds is 7. The van der Waals surface area contributed by atoms with Crippen molar-refractivity contribution in [3.05, 3.63) is 87.4 Å². The maximum absolute atomic E-state index is 9.90. The van der Waals surface area contributed by atoms with Crippen LogP contribution in [0.1, 0.15) is 48.1 Å². The highest BCUT2D eigenvalue weighted by Gasteiger charge is 2.36. The molecule has 1 unspecified atom stereocenters. The van der Waals surface area contributed by atoms with Gasteiger partial charge in [0.05, 0.1) is 11.5 Å². The molecule has 3 aromatic rings. The van der Waals surface area contributed by atoms with E-state index in [9.17, 15) is 5.26 Å². The average Bonchev–Trinajstić information content (AvgIpc) is 3.18. The molecule has 6 nitrogen and oxygen atoms in total. The first-order valence-electron chi connectivity index (χ1n) is 10.2.